The van der Waals surface area contributed by atoms with Crippen LogP contribution in [0, 0.1) is 21.4 Å². The molecule has 1 amide bonds. The number of anilines is 1. The molecule has 0 atom stereocenters. The second-order valence-corrected chi connectivity index (χ2v) is 5.12. The van der Waals surface area contributed by atoms with Crippen LogP contribution in [0.2, 0.25) is 5.02 Å². The van der Waals surface area contributed by atoms with E-state index in [1.165, 1.54) is 42.6 Å². The maximum atomic E-state index is 11.7. The summed E-state index contributed by atoms with van der Waals surface area (Å²) in [6.45, 7) is -0.358. The summed E-state index contributed by atoms with van der Waals surface area (Å²) in [6.07, 6.45) is 1.26. The Hall–Kier alpha value is -3.44. The Morgan fingerprint density at radius 1 is 1.40 bits per heavy atom. The van der Waals surface area contributed by atoms with Crippen LogP contribution < -0.4 is 5.32 Å². The number of amides is 1. The van der Waals surface area contributed by atoms with Crippen LogP contribution in [0.1, 0.15) is 11.1 Å². The Balaban J connectivity index is 1.86. The highest BCUT2D eigenvalue weighted by atomic mass is 35.5. The summed E-state index contributed by atoms with van der Waals surface area (Å²) < 4.78 is 0. The number of nitrogens with zero attached hydrogens (tertiary/aromatic N) is 3. The molecule has 0 bridgehead atoms. The van der Waals surface area contributed by atoms with E-state index in [1.54, 1.807) is 6.07 Å². The summed E-state index contributed by atoms with van der Waals surface area (Å²) in [4.78, 5) is 26.7. The molecule has 0 aromatic heterocycles. The molecule has 0 unspecified atom stereocenters. The Bertz CT molecular complexity index is 877. The van der Waals surface area contributed by atoms with Gasteiger partial charge in [-0.05, 0) is 18.2 Å². The van der Waals surface area contributed by atoms with Crippen LogP contribution in [-0.2, 0) is 9.63 Å². The predicted molar refractivity (Wildman–Crippen MR) is 91.4 cm³/mol. The molecule has 0 radical (unpaired) electrons. The van der Waals surface area contributed by atoms with Crippen LogP contribution in [0.25, 0.3) is 0 Å². The lowest BCUT2D eigenvalue weighted by molar-refractivity contribution is -0.384. The molecule has 0 heterocycles. The molecule has 9 heteroatoms. The average molecular weight is 359 g/mol. The van der Waals surface area contributed by atoms with Crippen molar-refractivity contribution < 1.29 is 14.6 Å². The van der Waals surface area contributed by atoms with Gasteiger partial charge in [-0.3, -0.25) is 14.9 Å². The van der Waals surface area contributed by atoms with Gasteiger partial charge in [-0.1, -0.05) is 28.9 Å². The van der Waals surface area contributed by atoms with Gasteiger partial charge < -0.3 is 10.2 Å². The third kappa shape index (κ3) is 5.30. The summed E-state index contributed by atoms with van der Waals surface area (Å²) in [5.74, 6) is -0.475. The molecule has 0 aliphatic heterocycles. The third-order valence-electron chi connectivity index (χ3n) is 2.93. The Morgan fingerprint density at radius 2 is 2.20 bits per heavy atom. The lowest BCUT2D eigenvalue weighted by atomic mass is 10.2. The predicted octanol–water partition coefficient (Wildman–Crippen LogP) is 3.11. The first-order valence-electron chi connectivity index (χ1n) is 6.89. The number of halogens is 1. The van der Waals surface area contributed by atoms with Crippen molar-refractivity contribution in [2.75, 3.05) is 11.9 Å². The average Bonchev–Trinajstić information content (AvgIpc) is 2.59. The molecule has 1 N–H and O–H groups in total. The topological polar surface area (TPSA) is 118 Å². The molecule has 0 aliphatic rings. The number of benzene rings is 2. The number of non-ortho nitro benzene ring substituents is 1. The number of nitrogens with one attached hydrogen (secondary N) is 1. The van der Waals surface area contributed by atoms with Crippen molar-refractivity contribution in [1.29, 1.82) is 5.26 Å². The molecule has 2 rings (SSSR count). The zero-order valence-corrected chi connectivity index (χ0v) is 13.4. The van der Waals surface area contributed by atoms with Crippen LogP contribution in [0.5, 0.6) is 0 Å². The Morgan fingerprint density at radius 3 is 2.88 bits per heavy atom. The molecule has 2 aromatic rings. The van der Waals surface area contributed by atoms with Gasteiger partial charge in [0.1, 0.15) is 6.07 Å². The van der Waals surface area contributed by atoms with Crippen LogP contribution in [-0.4, -0.2) is 23.7 Å². The number of carbonyl (C=O) groups excluding carboxylic acids is 1. The number of hydrogen-bond donors (Lipinski definition) is 1. The van der Waals surface area contributed by atoms with E-state index in [2.05, 4.69) is 10.5 Å². The molecular weight excluding hydrogens is 348 g/mol. The first-order chi connectivity index (χ1) is 12.0. The standard InChI is InChI=1S/C16H11ClN4O4/c17-15-7-13(5-4-12(15)8-18)20-16(22)10-25-19-9-11-2-1-3-14(6-11)21(23)24/h1-7,9H,10H2,(H,20,22)/b19-9+. The van der Waals surface area contributed by atoms with Crippen molar-refractivity contribution in [2.24, 2.45) is 5.16 Å². The first kappa shape index (κ1) is 17.9. The van der Waals surface area contributed by atoms with Gasteiger partial charge in [-0.15, -0.1) is 0 Å². The number of oxime groups is 1. The van der Waals surface area contributed by atoms with Crippen molar-refractivity contribution in [1.82, 2.24) is 0 Å². The molecule has 0 saturated heterocycles. The van der Waals surface area contributed by atoms with E-state index >= 15 is 0 Å². The summed E-state index contributed by atoms with van der Waals surface area (Å²) >= 11 is 5.87. The van der Waals surface area contributed by atoms with E-state index in [1.807, 2.05) is 6.07 Å². The monoisotopic (exact) mass is 358 g/mol. The highest BCUT2D eigenvalue weighted by Crippen LogP contribution is 2.20. The van der Waals surface area contributed by atoms with Crippen LogP contribution in [0.15, 0.2) is 47.6 Å². The van der Waals surface area contributed by atoms with Gasteiger partial charge in [0.15, 0.2) is 6.61 Å². The highest BCUT2D eigenvalue weighted by molar-refractivity contribution is 6.32. The minimum absolute atomic E-state index is 0.0700. The summed E-state index contributed by atoms with van der Waals surface area (Å²) in [7, 11) is 0. The van der Waals surface area contributed by atoms with E-state index in [-0.39, 0.29) is 17.3 Å². The summed E-state index contributed by atoms with van der Waals surface area (Å²) in [5, 5.41) is 25.8. The van der Waals surface area contributed by atoms with Gasteiger partial charge in [0.05, 0.1) is 21.7 Å². The van der Waals surface area contributed by atoms with E-state index in [0.29, 0.717) is 16.8 Å². The first-order valence-corrected chi connectivity index (χ1v) is 7.26. The fourth-order valence-corrected chi connectivity index (χ4v) is 2.02. The summed E-state index contributed by atoms with van der Waals surface area (Å²) in [6, 6.07) is 12.2. The smallest absolute Gasteiger partial charge is 0.270 e. The van der Waals surface area contributed by atoms with Gasteiger partial charge in [0.2, 0.25) is 0 Å². The number of nitro benzene ring substituents is 1. The van der Waals surface area contributed by atoms with Crippen molar-refractivity contribution in [3.8, 4) is 6.07 Å². The molecule has 0 spiro atoms. The maximum Gasteiger partial charge on any atom is 0.270 e. The zero-order chi connectivity index (χ0) is 18.2. The van der Waals surface area contributed by atoms with Crippen molar-refractivity contribution in [2.45, 2.75) is 0 Å². The lowest BCUT2D eigenvalue weighted by Crippen LogP contribution is -2.17. The largest absolute Gasteiger partial charge is 0.386 e. The number of nitriles is 1. The normalized spacial score (nSPS) is 10.2. The molecule has 25 heavy (non-hydrogen) atoms. The Labute approximate surface area is 147 Å². The minimum atomic E-state index is -0.519. The molecule has 0 aliphatic carbocycles. The molecule has 2 aromatic carbocycles. The van der Waals surface area contributed by atoms with Crippen LogP contribution >= 0.6 is 11.6 Å². The Kier molecular flexibility index (Phi) is 6.03. The molecule has 126 valence electrons. The maximum absolute atomic E-state index is 11.7. The van der Waals surface area contributed by atoms with E-state index in [9.17, 15) is 14.9 Å². The number of hydrogen-bond acceptors (Lipinski definition) is 6. The molecule has 0 saturated carbocycles. The van der Waals surface area contributed by atoms with Crippen LogP contribution in [0.4, 0.5) is 11.4 Å². The fourth-order valence-electron chi connectivity index (χ4n) is 1.79. The van der Waals surface area contributed by atoms with Gasteiger partial charge >= 0.3 is 0 Å². The van der Waals surface area contributed by atoms with Gasteiger partial charge in [0, 0.05) is 23.4 Å². The lowest BCUT2D eigenvalue weighted by Gasteiger charge is -2.05. The van der Waals surface area contributed by atoms with Gasteiger partial charge in [-0.2, -0.15) is 5.26 Å². The number of carbonyl (C=O) groups is 1. The quantitative estimate of drug-likeness (QED) is 0.483. The third-order valence-corrected chi connectivity index (χ3v) is 3.24. The van der Waals surface area contributed by atoms with E-state index < -0.39 is 10.8 Å². The molecular formula is C16H11ClN4O4. The van der Waals surface area contributed by atoms with Crippen LogP contribution in [0.3, 0.4) is 0 Å². The second-order valence-electron chi connectivity index (χ2n) is 4.71. The SMILES string of the molecule is N#Cc1ccc(NC(=O)CO/N=C/c2cccc([N+](=O)[O-])c2)cc1Cl. The molecule has 0 fully saturated rings. The minimum Gasteiger partial charge on any atom is -0.386 e. The van der Waals surface area contributed by atoms with Gasteiger partial charge in [0.25, 0.3) is 11.6 Å². The fraction of sp³-hybridized carbons (Fsp3) is 0.0625. The molecule has 8 nitrogen and oxygen atoms in total. The van der Waals surface area contributed by atoms with E-state index in [0.717, 1.165) is 0 Å². The number of nitro groups is 1. The number of rotatable bonds is 6. The van der Waals surface area contributed by atoms with Gasteiger partial charge in [-0.25, -0.2) is 0 Å². The summed E-state index contributed by atoms with van der Waals surface area (Å²) in [5.41, 5.74) is 1.12. The van der Waals surface area contributed by atoms with Crippen molar-refractivity contribution in [3.05, 3.63) is 68.7 Å². The highest BCUT2D eigenvalue weighted by Gasteiger charge is 2.06. The zero-order valence-electron chi connectivity index (χ0n) is 12.7. The second kappa shape index (κ2) is 8.42. The van der Waals surface area contributed by atoms with Crippen molar-refractivity contribution in [3.63, 3.8) is 0 Å². The van der Waals surface area contributed by atoms with E-state index in [4.69, 9.17) is 21.7 Å². The van der Waals surface area contributed by atoms with Crippen molar-refractivity contribution >= 4 is 35.1 Å².